The molecule has 18 heavy (non-hydrogen) atoms. The summed E-state index contributed by atoms with van der Waals surface area (Å²) in [6.45, 7) is -0.438. The van der Waals surface area contributed by atoms with E-state index in [1.54, 1.807) is 6.20 Å². The molecule has 0 bridgehead atoms. The van der Waals surface area contributed by atoms with Gasteiger partial charge < -0.3 is 10.2 Å². The number of sulfone groups is 1. The Morgan fingerprint density at radius 1 is 1.44 bits per heavy atom. The van der Waals surface area contributed by atoms with E-state index >= 15 is 0 Å². The van der Waals surface area contributed by atoms with Crippen LogP contribution in [0.15, 0.2) is 11.6 Å². The molecule has 2 rings (SSSR count). The number of aromatic nitrogens is 1. The van der Waals surface area contributed by atoms with Gasteiger partial charge in [0, 0.05) is 23.4 Å². The molecule has 1 saturated heterocycles. The maximum Gasteiger partial charge on any atom is 0.150 e. The predicted molar refractivity (Wildman–Crippen MR) is 69.2 cm³/mol. The monoisotopic (exact) mass is 291 g/mol. The van der Waals surface area contributed by atoms with E-state index in [4.69, 9.17) is 0 Å². The summed E-state index contributed by atoms with van der Waals surface area (Å²) in [7, 11) is -3.02. The van der Waals surface area contributed by atoms with E-state index < -0.39 is 15.3 Å². The Morgan fingerprint density at radius 3 is 2.61 bits per heavy atom. The van der Waals surface area contributed by atoms with E-state index in [1.165, 1.54) is 11.3 Å². The maximum absolute atomic E-state index is 11.5. The van der Waals surface area contributed by atoms with Crippen LogP contribution in [0.5, 0.6) is 0 Å². The molecule has 0 aromatic carbocycles. The number of rotatable bonds is 5. The Labute approximate surface area is 110 Å². The van der Waals surface area contributed by atoms with Gasteiger partial charge in [-0.05, 0) is 12.3 Å². The fourth-order valence-corrected chi connectivity index (χ4v) is 5.20. The van der Waals surface area contributed by atoms with Crippen molar-refractivity contribution < 1.29 is 18.6 Å². The summed E-state index contributed by atoms with van der Waals surface area (Å²) in [5.41, 5.74) is -0.776. The Morgan fingerprint density at radius 2 is 2.17 bits per heavy atom. The molecule has 2 N–H and O–H groups in total. The van der Waals surface area contributed by atoms with Gasteiger partial charge in [-0.3, -0.25) is 0 Å². The lowest BCUT2D eigenvalue weighted by molar-refractivity contribution is 0.0124. The highest BCUT2D eigenvalue weighted by atomic mass is 32.2. The molecule has 7 heteroatoms. The minimum absolute atomic E-state index is 0.0551. The first kappa shape index (κ1) is 13.9. The minimum Gasteiger partial charge on any atom is -0.396 e. The smallest absolute Gasteiger partial charge is 0.150 e. The average Bonchev–Trinajstić information content (AvgIpc) is 2.95. The second kappa shape index (κ2) is 5.24. The molecule has 102 valence electrons. The summed E-state index contributed by atoms with van der Waals surface area (Å²) in [4.78, 5) is 4.15. The normalized spacial score (nSPS) is 23.3. The zero-order valence-electron chi connectivity index (χ0n) is 9.95. The van der Waals surface area contributed by atoms with E-state index in [1.807, 2.05) is 5.38 Å². The number of thiazole rings is 1. The van der Waals surface area contributed by atoms with Crippen molar-refractivity contribution in [3.8, 4) is 0 Å². The summed E-state index contributed by atoms with van der Waals surface area (Å²) < 4.78 is 23.1. The molecule has 0 saturated carbocycles. The van der Waals surface area contributed by atoms with Gasteiger partial charge >= 0.3 is 0 Å². The number of hydrogen-bond donors (Lipinski definition) is 2. The summed E-state index contributed by atoms with van der Waals surface area (Å²) >= 11 is 1.46. The van der Waals surface area contributed by atoms with Crippen LogP contribution in [0.3, 0.4) is 0 Å². The van der Waals surface area contributed by atoms with Crippen molar-refractivity contribution in [1.82, 2.24) is 4.98 Å². The number of nitrogens with zero attached hydrogens (tertiary/aromatic N) is 1. The van der Waals surface area contributed by atoms with E-state index in [2.05, 4.69) is 4.98 Å². The van der Waals surface area contributed by atoms with Gasteiger partial charge in [0.15, 0.2) is 9.84 Å². The van der Waals surface area contributed by atoms with Crippen molar-refractivity contribution in [3.05, 3.63) is 16.6 Å². The number of aliphatic hydroxyl groups excluding tert-OH is 2. The molecule has 1 aromatic heterocycles. The van der Waals surface area contributed by atoms with Crippen molar-refractivity contribution in [1.29, 1.82) is 0 Å². The molecule has 1 aromatic rings. The van der Waals surface area contributed by atoms with E-state index in [0.717, 1.165) is 5.01 Å². The first-order chi connectivity index (χ1) is 8.51. The molecule has 1 unspecified atom stereocenters. The topological polar surface area (TPSA) is 87.5 Å². The van der Waals surface area contributed by atoms with Crippen molar-refractivity contribution >= 4 is 21.2 Å². The standard InChI is InChI=1S/C11H17NO4S2/c13-7-11(8-14,5-10-12-2-3-17-10)9-1-4-18(15,16)6-9/h2-3,9,13-14H,1,4-8H2. The Hall–Kier alpha value is -0.500. The van der Waals surface area contributed by atoms with Gasteiger partial charge in [-0.2, -0.15) is 0 Å². The fourth-order valence-electron chi connectivity index (χ4n) is 2.48. The molecule has 0 aliphatic carbocycles. The molecular weight excluding hydrogens is 274 g/mol. The van der Waals surface area contributed by atoms with Crippen LogP contribution in [0.25, 0.3) is 0 Å². The predicted octanol–water partition coefficient (Wildman–Crippen LogP) is 0.0913. The van der Waals surface area contributed by atoms with Crippen LogP contribution in [0.1, 0.15) is 11.4 Å². The molecule has 2 heterocycles. The van der Waals surface area contributed by atoms with Gasteiger partial charge in [-0.15, -0.1) is 11.3 Å². The first-order valence-electron chi connectivity index (χ1n) is 5.82. The van der Waals surface area contributed by atoms with Crippen molar-refractivity contribution in [2.75, 3.05) is 24.7 Å². The average molecular weight is 291 g/mol. The molecule has 5 nitrogen and oxygen atoms in total. The summed E-state index contributed by atoms with van der Waals surface area (Å²) in [6.07, 6.45) is 2.61. The van der Waals surface area contributed by atoms with Crippen molar-refractivity contribution in [2.45, 2.75) is 12.8 Å². The van der Waals surface area contributed by atoms with Gasteiger partial charge in [0.05, 0.1) is 29.7 Å². The van der Waals surface area contributed by atoms with Gasteiger partial charge in [-0.25, -0.2) is 13.4 Å². The SMILES string of the molecule is O=S1(=O)CCC(C(CO)(CO)Cc2nccs2)C1. The summed E-state index contributed by atoms with van der Waals surface area (Å²) in [5.74, 6) is 0.0120. The summed E-state index contributed by atoms with van der Waals surface area (Å²) in [6, 6.07) is 0. The highest BCUT2D eigenvalue weighted by molar-refractivity contribution is 7.91. The van der Waals surface area contributed by atoms with Gasteiger partial charge in [-0.1, -0.05) is 0 Å². The lowest BCUT2D eigenvalue weighted by atomic mass is 9.74. The zero-order chi connectivity index (χ0) is 13.2. The van der Waals surface area contributed by atoms with Gasteiger partial charge in [0.25, 0.3) is 0 Å². The lowest BCUT2D eigenvalue weighted by Crippen LogP contribution is -2.40. The van der Waals surface area contributed by atoms with Crippen LogP contribution in [0, 0.1) is 11.3 Å². The molecule has 0 radical (unpaired) electrons. The second-order valence-corrected chi connectivity index (χ2v) is 8.09. The van der Waals surface area contributed by atoms with Crippen molar-refractivity contribution in [3.63, 3.8) is 0 Å². The largest absolute Gasteiger partial charge is 0.396 e. The van der Waals surface area contributed by atoms with Gasteiger partial charge in [0.2, 0.25) is 0 Å². The van der Waals surface area contributed by atoms with Crippen LogP contribution < -0.4 is 0 Å². The fraction of sp³-hybridized carbons (Fsp3) is 0.727. The molecule has 1 aliphatic rings. The van der Waals surface area contributed by atoms with E-state index in [0.29, 0.717) is 12.8 Å². The first-order valence-corrected chi connectivity index (χ1v) is 8.52. The maximum atomic E-state index is 11.5. The Bertz CT molecular complexity index is 479. The Balaban J connectivity index is 2.21. The van der Waals surface area contributed by atoms with Gasteiger partial charge in [0.1, 0.15) is 0 Å². The van der Waals surface area contributed by atoms with Crippen LogP contribution in [-0.4, -0.2) is 48.3 Å². The van der Waals surface area contributed by atoms with E-state index in [9.17, 15) is 18.6 Å². The highest BCUT2D eigenvalue weighted by Gasteiger charge is 2.44. The molecule has 1 atom stereocenters. The highest BCUT2D eigenvalue weighted by Crippen LogP contribution is 2.38. The quantitative estimate of drug-likeness (QED) is 0.803. The van der Waals surface area contributed by atoms with Crippen LogP contribution in [-0.2, 0) is 16.3 Å². The molecule has 1 aliphatic heterocycles. The van der Waals surface area contributed by atoms with Crippen LogP contribution >= 0.6 is 11.3 Å². The molecule has 0 amide bonds. The molecular formula is C11H17NO4S2. The zero-order valence-corrected chi connectivity index (χ0v) is 11.6. The molecule has 1 fully saturated rings. The van der Waals surface area contributed by atoms with E-state index in [-0.39, 0.29) is 30.6 Å². The third-order valence-corrected chi connectivity index (χ3v) is 6.26. The number of aliphatic hydroxyl groups is 2. The summed E-state index contributed by atoms with van der Waals surface area (Å²) in [5, 5.41) is 21.9. The van der Waals surface area contributed by atoms with Crippen molar-refractivity contribution in [2.24, 2.45) is 11.3 Å². The third kappa shape index (κ3) is 2.74. The Kier molecular flexibility index (Phi) is 4.05. The third-order valence-electron chi connectivity index (χ3n) is 3.72. The minimum atomic E-state index is -3.02. The van der Waals surface area contributed by atoms with Crippen LogP contribution in [0.2, 0.25) is 0 Å². The lowest BCUT2D eigenvalue weighted by Gasteiger charge is -2.34. The number of hydrogen-bond acceptors (Lipinski definition) is 6. The molecule has 0 spiro atoms. The van der Waals surface area contributed by atoms with Crippen LogP contribution in [0.4, 0.5) is 0 Å². The second-order valence-electron chi connectivity index (χ2n) is 4.88.